The van der Waals surface area contributed by atoms with Gasteiger partial charge in [-0.3, -0.25) is 9.59 Å². The molecule has 0 spiro atoms. The number of carbonyl (C=O) groups is 3. The van der Waals surface area contributed by atoms with Crippen LogP contribution in [0.2, 0.25) is 0 Å². The molecule has 1 atom stereocenters. The van der Waals surface area contributed by atoms with E-state index >= 15 is 0 Å². The lowest BCUT2D eigenvalue weighted by molar-refractivity contribution is -0.143. The Bertz CT molecular complexity index is 544. The highest BCUT2D eigenvalue weighted by molar-refractivity contribution is 5.84. The molecule has 3 N–H and O–H groups in total. The van der Waals surface area contributed by atoms with Crippen molar-refractivity contribution in [2.24, 2.45) is 0 Å². The van der Waals surface area contributed by atoms with E-state index in [1.165, 1.54) is 7.11 Å². The Balaban J connectivity index is 2.53. The van der Waals surface area contributed by atoms with Crippen LogP contribution in [0.25, 0.3) is 0 Å². The molecule has 0 fully saturated rings. The lowest BCUT2D eigenvalue weighted by Crippen LogP contribution is -2.43. The molecule has 0 bridgehead atoms. The van der Waals surface area contributed by atoms with Gasteiger partial charge in [-0.15, -0.1) is 0 Å². The van der Waals surface area contributed by atoms with Crippen molar-refractivity contribution in [3.8, 4) is 11.5 Å². The fraction of sp³-hybridized carbons (Fsp3) is 0.357. The number of ether oxygens (including phenoxy) is 2. The van der Waals surface area contributed by atoms with E-state index in [9.17, 15) is 14.4 Å². The van der Waals surface area contributed by atoms with Gasteiger partial charge in [0.2, 0.25) is 0 Å². The number of amides is 1. The second-order valence-corrected chi connectivity index (χ2v) is 4.33. The van der Waals surface area contributed by atoms with E-state index in [0.717, 1.165) is 0 Å². The van der Waals surface area contributed by atoms with Crippen LogP contribution in [0.4, 0.5) is 0 Å². The fourth-order valence-electron chi connectivity index (χ4n) is 1.64. The van der Waals surface area contributed by atoms with Crippen molar-refractivity contribution in [3.05, 3.63) is 24.3 Å². The maximum absolute atomic E-state index is 11.7. The summed E-state index contributed by atoms with van der Waals surface area (Å²) in [4.78, 5) is 33.1. The van der Waals surface area contributed by atoms with E-state index in [4.69, 9.17) is 19.7 Å². The molecule has 1 aromatic carbocycles. The fourth-order valence-corrected chi connectivity index (χ4v) is 1.64. The summed E-state index contributed by atoms with van der Waals surface area (Å²) in [5.74, 6) is -2.31. The van der Waals surface area contributed by atoms with Gasteiger partial charge in [0.25, 0.3) is 5.91 Å². The third-order valence-corrected chi connectivity index (χ3v) is 2.71. The van der Waals surface area contributed by atoms with E-state index in [2.05, 4.69) is 5.32 Å². The predicted molar refractivity (Wildman–Crippen MR) is 74.9 cm³/mol. The summed E-state index contributed by atoms with van der Waals surface area (Å²) in [6, 6.07) is 5.41. The maximum Gasteiger partial charge on any atom is 0.326 e. The summed E-state index contributed by atoms with van der Waals surface area (Å²) < 4.78 is 10.3. The minimum atomic E-state index is -1.30. The maximum atomic E-state index is 11.7. The largest absolute Gasteiger partial charge is 0.493 e. The Kier molecular flexibility index (Phi) is 6.68. The van der Waals surface area contributed by atoms with Crippen LogP contribution in [0.5, 0.6) is 11.5 Å². The smallest absolute Gasteiger partial charge is 0.326 e. The zero-order chi connectivity index (χ0) is 16.5. The highest BCUT2D eigenvalue weighted by Gasteiger charge is 2.21. The van der Waals surface area contributed by atoms with Crippen molar-refractivity contribution in [3.63, 3.8) is 0 Å². The molecule has 0 heterocycles. The average molecular weight is 311 g/mol. The number of rotatable bonds is 9. The highest BCUT2D eigenvalue weighted by atomic mass is 16.5. The number of carboxylic acid groups (broad SMARTS) is 2. The number of hydrogen-bond donors (Lipinski definition) is 3. The van der Waals surface area contributed by atoms with E-state index in [-0.39, 0.29) is 12.8 Å². The Labute approximate surface area is 126 Å². The van der Waals surface area contributed by atoms with Crippen molar-refractivity contribution in [1.82, 2.24) is 5.32 Å². The molecular formula is C14H17NO7. The molecule has 0 radical (unpaired) electrons. The first kappa shape index (κ1) is 17.3. The molecule has 1 rings (SSSR count). The van der Waals surface area contributed by atoms with E-state index < -0.39 is 30.5 Å². The minimum Gasteiger partial charge on any atom is -0.493 e. The number of para-hydroxylation sites is 2. The van der Waals surface area contributed by atoms with Crippen LogP contribution in [0.3, 0.4) is 0 Å². The standard InChI is InChI=1S/C14H17NO7/c1-21-10-4-2-3-5-11(10)22-8-12(16)15-9(14(19)20)6-7-13(17)18/h2-5,9H,6-8H2,1H3,(H,15,16)(H,17,18)(H,19,20). The lowest BCUT2D eigenvalue weighted by atomic mass is 10.1. The Morgan fingerprint density at radius 1 is 1.18 bits per heavy atom. The van der Waals surface area contributed by atoms with Gasteiger partial charge in [0.15, 0.2) is 18.1 Å². The van der Waals surface area contributed by atoms with Gasteiger partial charge in [-0.25, -0.2) is 4.79 Å². The Morgan fingerprint density at radius 3 is 2.36 bits per heavy atom. The minimum absolute atomic E-state index is 0.203. The molecule has 0 saturated carbocycles. The van der Waals surface area contributed by atoms with Gasteiger partial charge in [-0.1, -0.05) is 12.1 Å². The van der Waals surface area contributed by atoms with E-state index in [1.807, 2.05) is 0 Å². The highest BCUT2D eigenvalue weighted by Crippen LogP contribution is 2.25. The molecule has 0 aliphatic carbocycles. The second-order valence-electron chi connectivity index (χ2n) is 4.33. The number of benzene rings is 1. The van der Waals surface area contributed by atoms with Crippen molar-refractivity contribution < 1.29 is 34.1 Å². The summed E-state index contributed by atoms with van der Waals surface area (Å²) in [5, 5.41) is 19.7. The molecule has 0 aliphatic rings. The number of carbonyl (C=O) groups excluding carboxylic acids is 1. The monoisotopic (exact) mass is 311 g/mol. The van der Waals surface area contributed by atoms with Crippen LogP contribution >= 0.6 is 0 Å². The van der Waals surface area contributed by atoms with Gasteiger partial charge in [-0.2, -0.15) is 0 Å². The van der Waals surface area contributed by atoms with Crippen molar-refractivity contribution in [1.29, 1.82) is 0 Å². The van der Waals surface area contributed by atoms with Gasteiger partial charge in [0.1, 0.15) is 6.04 Å². The average Bonchev–Trinajstić information content (AvgIpc) is 2.49. The number of nitrogens with one attached hydrogen (secondary N) is 1. The van der Waals surface area contributed by atoms with E-state index in [1.54, 1.807) is 24.3 Å². The number of carboxylic acids is 2. The van der Waals surface area contributed by atoms with Crippen molar-refractivity contribution in [2.45, 2.75) is 18.9 Å². The van der Waals surface area contributed by atoms with Crippen LogP contribution in [-0.4, -0.2) is 47.8 Å². The summed E-state index contributed by atoms with van der Waals surface area (Å²) in [6.07, 6.45) is -0.560. The van der Waals surface area contributed by atoms with Crippen LogP contribution in [0.1, 0.15) is 12.8 Å². The lowest BCUT2D eigenvalue weighted by Gasteiger charge is -2.14. The summed E-state index contributed by atoms with van der Waals surface area (Å²) in [5.41, 5.74) is 0. The SMILES string of the molecule is COc1ccccc1OCC(=O)NC(CCC(=O)O)C(=O)O. The second kappa shape index (κ2) is 8.50. The molecule has 22 heavy (non-hydrogen) atoms. The third kappa shape index (κ3) is 5.70. The predicted octanol–water partition coefficient (Wildman–Crippen LogP) is 0.508. The van der Waals surface area contributed by atoms with Gasteiger partial charge < -0.3 is 25.0 Å². The molecule has 8 heteroatoms. The Hall–Kier alpha value is -2.77. The summed E-state index contributed by atoms with van der Waals surface area (Å²) in [7, 11) is 1.45. The first-order valence-corrected chi connectivity index (χ1v) is 6.43. The number of aliphatic carboxylic acids is 2. The number of hydrogen-bond acceptors (Lipinski definition) is 5. The van der Waals surface area contributed by atoms with Crippen LogP contribution in [0, 0.1) is 0 Å². The van der Waals surface area contributed by atoms with Gasteiger partial charge >= 0.3 is 11.9 Å². The summed E-state index contributed by atoms with van der Waals surface area (Å²) in [6.45, 7) is -0.406. The first-order chi connectivity index (χ1) is 10.4. The summed E-state index contributed by atoms with van der Waals surface area (Å²) >= 11 is 0. The van der Waals surface area contributed by atoms with Crippen LogP contribution < -0.4 is 14.8 Å². The molecule has 1 amide bonds. The van der Waals surface area contributed by atoms with Gasteiger partial charge in [0, 0.05) is 6.42 Å². The van der Waals surface area contributed by atoms with Crippen molar-refractivity contribution in [2.75, 3.05) is 13.7 Å². The molecule has 8 nitrogen and oxygen atoms in total. The molecule has 0 aliphatic heterocycles. The van der Waals surface area contributed by atoms with E-state index in [0.29, 0.717) is 11.5 Å². The first-order valence-electron chi connectivity index (χ1n) is 6.43. The molecule has 0 aromatic heterocycles. The normalized spacial score (nSPS) is 11.3. The third-order valence-electron chi connectivity index (χ3n) is 2.71. The van der Waals surface area contributed by atoms with Crippen molar-refractivity contribution >= 4 is 17.8 Å². The van der Waals surface area contributed by atoms with Crippen LogP contribution in [0.15, 0.2) is 24.3 Å². The molecule has 120 valence electrons. The molecule has 1 aromatic rings. The molecular weight excluding hydrogens is 294 g/mol. The Morgan fingerprint density at radius 2 is 1.82 bits per heavy atom. The molecule has 0 saturated heterocycles. The van der Waals surface area contributed by atoms with Crippen LogP contribution in [-0.2, 0) is 14.4 Å². The zero-order valence-electron chi connectivity index (χ0n) is 11.9. The quantitative estimate of drug-likeness (QED) is 0.607. The van der Waals surface area contributed by atoms with Gasteiger partial charge in [0.05, 0.1) is 7.11 Å². The topological polar surface area (TPSA) is 122 Å². The van der Waals surface area contributed by atoms with Gasteiger partial charge in [-0.05, 0) is 18.6 Å². The zero-order valence-corrected chi connectivity index (χ0v) is 11.9. The molecule has 1 unspecified atom stereocenters. The number of methoxy groups -OCH3 is 1.